The molecule has 0 radical (unpaired) electrons. The van der Waals surface area contributed by atoms with E-state index in [1.54, 1.807) is 24.3 Å². The average molecular weight is 474 g/mol. The Morgan fingerprint density at radius 3 is 2.56 bits per heavy atom. The minimum absolute atomic E-state index is 0.114. The molecule has 0 bridgehead atoms. The molecule has 1 atom stereocenters. The van der Waals surface area contributed by atoms with E-state index in [0.717, 1.165) is 12.1 Å². The van der Waals surface area contributed by atoms with E-state index in [1.165, 1.54) is 34.7 Å². The number of ether oxygens (including phenoxy) is 1. The van der Waals surface area contributed by atoms with Crippen molar-refractivity contribution in [2.45, 2.75) is 32.2 Å². The minimum Gasteiger partial charge on any atom is -0.406 e. The number of alkyl halides is 3. The van der Waals surface area contributed by atoms with Gasteiger partial charge in [0.05, 0.1) is 11.2 Å². The summed E-state index contributed by atoms with van der Waals surface area (Å²) in [5.74, 6) is -1.21. The number of para-hydroxylation sites is 1. The van der Waals surface area contributed by atoms with Crippen molar-refractivity contribution in [3.63, 3.8) is 0 Å². The summed E-state index contributed by atoms with van der Waals surface area (Å²) in [6.45, 7) is 1.74. The fourth-order valence-corrected chi connectivity index (χ4v) is 4.01. The summed E-state index contributed by atoms with van der Waals surface area (Å²) < 4.78 is 42.7. The van der Waals surface area contributed by atoms with Crippen molar-refractivity contribution < 1.29 is 32.3 Å². The molecule has 11 heteroatoms. The molecule has 0 spiro atoms. The Labute approximate surface area is 192 Å². The fourth-order valence-electron chi connectivity index (χ4n) is 4.01. The summed E-state index contributed by atoms with van der Waals surface area (Å²) in [5.41, 5.74) is 1.18. The molecule has 0 saturated carbocycles. The van der Waals surface area contributed by atoms with E-state index in [1.807, 2.05) is 0 Å². The highest BCUT2D eigenvalue weighted by Crippen LogP contribution is 2.28. The summed E-state index contributed by atoms with van der Waals surface area (Å²) in [4.78, 5) is 39.2. The van der Waals surface area contributed by atoms with Crippen molar-refractivity contribution in [2.75, 3.05) is 17.2 Å². The number of rotatable bonds is 4. The Kier molecular flexibility index (Phi) is 6.18. The van der Waals surface area contributed by atoms with Crippen LogP contribution in [0.4, 0.5) is 29.3 Å². The van der Waals surface area contributed by atoms with E-state index in [9.17, 15) is 27.6 Å². The van der Waals surface area contributed by atoms with Crippen molar-refractivity contribution in [3.8, 4) is 5.75 Å². The molecule has 3 aromatic rings. The zero-order valence-electron chi connectivity index (χ0n) is 18.1. The van der Waals surface area contributed by atoms with Crippen LogP contribution in [0.25, 0.3) is 10.9 Å². The van der Waals surface area contributed by atoms with Gasteiger partial charge in [-0.05, 0) is 31.0 Å². The lowest BCUT2D eigenvalue weighted by Crippen LogP contribution is -2.45. The Hall–Kier alpha value is -4.02. The first-order valence-electron chi connectivity index (χ1n) is 10.5. The number of likely N-dealkylation sites (tertiary alicyclic amines) is 1. The van der Waals surface area contributed by atoms with Gasteiger partial charge in [0.1, 0.15) is 11.8 Å². The zero-order chi connectivity index (χ0) is 24.5. The van der Waals surface area contributed by atoms with E-state index in [0.29, 0.717) is 36.0 Å². The van der Waals surface area contributed by atoms with Crippen LogP contribution in [0, 0.1) is 0 Å². The van der Waals surface area contributed by atoms with E-state index in [-0.39, 0.29) is 11.6 Å². The van der Waals surface area contributed by atoms with Crippen LogP contribution in [-0.2, 0) is 4.79 Å². The maximum absolute atomic E-state index is 13.0. The molecular formula is C23H21F3N4O4. The molecule has 2 aromatic carbocycles. The number of urea groups is 1. The number of amides is 3. The first kappa shape index (κ1) is 23.1. The molecule has 4 rings (SSSR count). The van der Waals surface area contributed by atoms with Gasteiger partial charge in [-0.3, -0.25) is 14.2 Å². The van der Waals surface area contributed by atoms with E-state index >= 15 is 0 Å². The predicted molar refractivity (Wildman–Crippen MR) is 119 cm³/mol. The molecule has 178 valence electrons. The Morgan fingerprint density at radius 2 is 1.82 bits per heavy atom. The average Bonchev–Trinajstić information content (AvgIpc) is 3.38. The van der Waals surface area contributed by atoms with Gasteiger partial charge in [0, 0.05) is 36.8 Å². The Morgan fingerprint density at radius 1 is 1.06 bits per heavy atom. The molecule has 34 heavy (non-hydrogen) atoms. The highest BCUT2D eigenvalue weighted by Gasteiger charge is 2.35. The molecular weight excluding hydrogens is 453 g/mol. The molecule has 1 fully saturated rings. The van der Waals surface area contributed by atoms with Gasteiger partial charge in [0.15, 0.2) is 0 Å². The van der Waals surface area contributed by atoms with Gasteiger partial charge >= 0.3 is 12.4 Å². The maximum Gasteiger partial charge on any atom is 0.573 e. The van der Waals surface area contributed by atoms with Crippen LogP contribution in [0.15, 0.2) is 54.7 Å². The van der Waals surface area contributed by atoms with Crippen molar-refractivity contribution in [2.24, 2.45) is 0 Å². The number of carbonyl (C=O) groups is 3. The number of aromatic nitrogens is 1. The predicted octanol–water partition coefficient (Wildman–Crippen LogP) is 4.84. The second kappa shape index (κ2) is 9.08. The molecule has 8 nitrogen and oxygen atoms in total. The monoisotopic (exact) mass is 474 g/mol. The molecule has 2 N–H and O–H groups in total. The molecule has 1 aromatic heterocycles. The fraction of sp³-hybridized carbons (Fsp3) is 0.261. The molecule has 1 aliphatic rings. The van der Waals surface area contributed by atoms with Crippen molar-refractivity contribution >= 4 is 40.1 Å². The third kappa shape index (κ3) is 4.98. The topological polar surface area (TPSA) is 92.7 Å². The van der Waals surface area contributed by atoms with Gasteiger partial charge in [-0.25, -0.2) is 4.79 Å². The standard InChI is InChI=1S/C23H21F3N4O4/c1-14(31)30-13-18(17-8-2-3-9-19(17)30)28-22(33)29-11-5-10-20(29)21(32)27-15-6-4-7-16(12-15)34-23(24,25)26/h2-4,6-9,12-13,20H,5,10-11H2,1H3,(H,27,32)(H,28,33). The molecule has 1 aliphatic heterocycles. The van der Waals surface area contributed by atoms with Crippen molar-refractivity contribution in [1.29, 1.82) is 0 Å². The van der Waals surface area contributed by atoms with Gasteiger partial charge in [-0.15, -0.1) is 13.2 Å². The molecule has 1 unspecified atom stereocenters. The third-order valence-electron chi connectivity index (χ3n) is 5.44. The number of hydrogen-bond donors (Lipinski definition) is 2. The summed E-state index contributed by atoms with van der Waals surface area (Å²) in [6, 6.07) is 10.7. The van der Waals surface area contributed by atoms with Crippen LogP contribution >= 0.6 is 0 Å². The minimum atomic E-state index is -4.85. The second-order valence-electron chi connectivity index (χ2n) is 7.80. The number of nitrogens with zero attached hydrogens (tertiary/aromatic N) is 2. The van der Waals surface area contributed by atoms with E-state index in [2.05, 4.69) is 15.4 Å². The van der Waals surface area contributed by atoms with Crippen LogP contribution in [0.5, 0.6) is 5.75 Å². The van der Waals surface area contributed by atoms with Gasteiger partial charge < -0.3 is 20.3 Å². The lowest BCUT2D eigenvalue weighted by Gasteiger charge is -2.24. The summed E-state index contributed by atoms with van der Waals surface area (Å²) in [7, 11) is 0. The quantitative estimate of drug-likeness (QED) is 0.566. The highest BCUT2D eigenvalue weighted by molar-refractivity contribution is 6.06. The van der Waals surface area contributed by atoms with E-state index < -0.39 is 30.1 Å². The second-order valence-corrected chi connectivity index (χ2v) is 7.80. The third-order valence-corrected chi connectivity index (χ3v) is 5.44. The number of carbonyl (C=O) groups excluding carboxylic acids is 3. The van der Waals surface area contributed by atoms with Gasteiger partial charge in [-0.2, -0.15) is 0 Å². The van der Waals surface area contributed by atoms with Crippen LogP contribution in [0.1, 0.15) is 24.6 Å². The SMILES string of the molecule is CC(=O)n1cc(NC(=O)N2CCCC2C(=O)Nc2cccc(OC(F)(F)F)c2)c2ccccc21. The van der Waals surface area contributed by atoms with Gasteiger partial charge in [0.2, 0.25) is 11.8 Å². The molecule has 1 saturated heterocycles. The Bertz CT molecular complexity index is 1250. The molecule has 0 aliphatic carbocycles. The van der Waals surface area contributed by atoms with Crippen molar-refractivity contribution in [3.05, 3.63) is 54.7 Å². The van der Waals surface area contributed by atoms with Gasteiger partial charge in [0.25, 0.3) is 0 Å². The Balaban J connectivity index is 1.48. The normalized spacial score (nSPS) is 15.9. The van der Waals surface area contributed by atoms with E-state index in [4.69, 9.17) is 0 Å². The van der Waals surface area contributed by atoms with Crippen LogP contribution in [0.3, 0.4) is 0 Å². The van der Waals surface area contributed by atoms with Crippen LogP contribution < -0.4 is 15.4 Å². The van der Waals surface area contributed by atoms with Gasteiger partial charge in [-0.1, -0.05) is 24.3 Å². The maximum atomic E-state index is 13.0. The molecule has 3 amide bonds. The summed E-state index contributed by atoms with van der Waals surface area (Å²) >= 11 is 0. The smallest absolute Gasteiger partial charge is 0.406 e. The van der Waals surface area contributed by atoms with Crippen LogP contribution in [-0.4, -0.2) is 46.3 Å². The number of hydrogen-bond acceptors (Lipinski definition) is 4. The highest BCUT2D eigenvalue weighted by atomic mass is 19.4. The van der Waals surface area contributed by atoms with Crippen LogP contribution in [0.2, 0.25) is 0 Å². The number of benzene rings is 2. The van der Waals surface area contributed by atoms with Crippen molar-refractivity contribution in [1.82, 2.24) is 9.47 Å². The number of halogens is 3. The number of anilines is 2. The lowest BCUT2D eigenvalue weighted by atomic mass is 10.2. The number of fused-ring (bicyclic) bond motifs is 1. The number of nitrogens with one attached hydrogen (secondary N) is 2. The first-order valence-corrected chi connectivity index (χ1v) is 10.5. The lowest BCUT2D eigenvalue weighted by molar-refractivity contribution is -0.274. The molecule has 2 heterocycles. The largest absolute Gasteiger partial charge is 0.573 e. The zero-order valence-corrected chi connectivity index (χ0v) is 18.1. The summed E-state index contributed by atoms with van der Waals surface area (Å²) in [6.07, 6.45) is -2.35. The summed E-state index contributed by atoms with van der Waals surface area (Å²) in [5, 5.41) is 6.00. The first-order chi connectivity index (χ1) is 16.1.